The van der Waals surface area contributed by atoms with Gasteiger partial charge in [0.25, 0.3) is 0 Å². The van der Waals surface area contributed by atoms with E-state index in [0.717, 1.165) is 24.8 Å². The Hall–Kier alpha value is -1.06. The van der Waals surface area contributed by atoms with Crippen LogP contribution in [0.1, 0.15) is 24.8 Å². The first kappa shape index (κ1) is 13.4. The minimum atomic E-state index is 0.00242. The molecule has 1 fully saturated rings. The number of benzene rings is 1. The van der Waals surface area contributed by atoms with Gasteiger partial charge in [-0.25, -0.2) is 0 Å². The Morgan fingerprint density at radius 1 is 1.44 bits per heavy atom. The average Bonchev–Trinajstić information content (AvgIpc) is 2.76. The third-order valence-corrected chi connectivity index (χ3v) is 3.73. The fourth-order valence-corrected chi connectivity index (χ4v) is 2.75. The smallest absolute Gasteiger partial charge is 0.224 e. The van der Waals surface area contributed by atoms with Crippen LogP contribution in [0.5, 0.6) is 0 Å². The van der Waals surface area contributed by atoms with Crippen LogP contribution in [0.2, 0.25) is 5.02 Å². The number of nitrogens with one attached hydrogen (secondary N) is 1. The first-order valence-electron chi connectivity index (χ1n) is 6.33. The van der Waals surface area contributed by atoms with E-state index < -0.39 is 0 Å². The zero-order chi connectivity index (χ0) is 13.0. The Kier molecular flexibility index (Phi) is 4.61. The maximum Gasteiger partial charge on any atom is 0.224 e. The van der Waals surface area contributed by atoms with Gasteiger partial charge in [-0.3, -0.25) is 4.79 Å². The molecule has 1 aliphatic rings. The van der Waals surface area contributed by atoms with Crippen molar-refractivity contribution >= 4 is 17.5 Å². The van der Waals surface area contributed by atoms with Gasteiger partial charge in [-0.15, -0.1) is 0 Å². The summed E-state index contributed by atoms with van der Waals surface area (Å²) in [5.74, 6) is 0.218. The minimum absolute atomic E-state index is 0.00242. The quantitative estimate of drug-likeness (QED) is 0.878. The molecule has 0 aromatic heterocycles. The van der Waals surface area contributed by atoms with Gasteiger partial charge in [-0.1, -0.05) is 30.2 Å². The van der Waals surface area contributed by atoms with Crippen LogP contribution in [0.4, 0.5) is 0 Å². The summed E-state index contributed by atoms with van der Waals surface area (Å²) in [5, 5.41) is 12.9. The van der Waals surface area contributed by atoms with Crippen LogP contribution in [0, 0.1) is 5.92 Å². The van der Waals surface area contributed by atoms with Crippen LogP contribution in [0.3, 0.4) is 0 Å². The molecule has 18 heavy (non-hydrogen) atoms. The zero-order valence-electron chi connectivity index (χ0n) is 10.2. The summed E-state index contributed by atoms with van der Waals surface area (Å²) in [6, 6.07) is 7.46. The van der Waals surface area contributed by atoms with Gasteiger partial charge >= 0.3 is 0 Å². The molecule has 4 heteroatoms. The van der Waals surface area contributed by atoms with E-state index in [1.165, 1.54) is 0 Å². The highest BCUT2D eigenvalue weighted by Crippen LogP contribution is 2.25. The van der Waals surface area contributed by atoms with E-state index in [2.05, 4.69) is 5.32 Å². The molecule has 2 unspecified atom stereocenters. The maximum absolute atomic E-state index is 11.9. The third kappa shape index (κ3) is 3.47. The van der Waals surface area contributed by atoms with Crippen molar-refractivity contribution in [3.05, 3.63) is 34.9 Å². The number of rotatable bonds is 4. The first-order chi connectivity index (χ1) is 8.69. The molecule has 0 saturated heterocycles. The van der Waals surface area contributed by atoms with Crippen molar-refractivity contribution in [3.8, 4) is 0 Å². The number of aliphatic hydroxyl groups excluding tert-OH is 1. The van der Waals surface area contributed by atoms with Gasteiger partial charge in [-0.2, -0.15) is 0 Å². The molecule has 0 radical (unpaired) electrons. The Morgan fingerprint density at radius 3 is 3.00 bits per heavy atom. The van der Waals surface area contributed by atoms with E-state index in [-0.39, 0.29) is 24.5 Å². The van der Waals surface area contributed by atoms with Crippen molar-refractivity contribution in [2.75, 3.05) is 6.61 Å². The van der Waals surface area contributed by atoms with Crippen LogP contribution in [0.15, 0.2) is 24.3 Å². The SMILES string of the molecule is O=C(Cc1cccc(Cl)c1)NC1CCCC1CO. The predicted molar refractivity (Wildman–Crippen MR) is 71.5 cm³/mol. The van der Waals surface area contributed by atoms with E-state index >= 15 is 0 Å². The zero-order valence-corrected chi connectivity index (χ0v) is 11.0. The number of hydrogen-bond donors (Lipinski definition) is 2. The van der Waals surface area contributed by atoms with Gasteiger partial charge in [-0.05, 0) is 30.5 Å². The summed E-state index contributed by atoms with van der Waals surface area (Å²) in [6.07, 6.45) is 3.38. The molecule has 98 valence electrons. The predicted octanol–water partition coefficient (Wildman–Crippen LogP) is 2.16. The van der Waals surface area contributed by atoms with Gasteiger partial charge in [0.2, 0.25) is 5.91 Å². The molecule has 0 aliphatic heterocycles. The Bertz CT molecular complexity index is 422. The van der Waals surface area contributed by atoms with Gasteiger partial charge in [0.1, 0.15) is 0 Å². The molecule has 2 rings (SSSR count). The van der Waals surface area contributed by atoms with Crippen molar-refractivity contribution in [3.63, 3.8) is 0 Å². The molecule has 1 aromatic carbocycles. The molecule has 1 amide bonds. The molecule has 0 spiro atoms. The normalized spacial score (nSPS) is 23.0. The lowest BCUT2D eigenvalue weighted by Gasteiger charge is -2.19. The molecule has 1 saturated carbocycles. The fraction of sp³-hybridized carbons (Fsp3) is 0.500. The van der Waals surface area contributed by atoms with Gasteiger partial charge in [0.05, 0.1) is 6.42 Å². The second kappa shape index (κ2) is 6.21. The lowest BCUT2D eigenvalue weighted by atomic mass is 10.0. The van der Waals surface area contributed by atoms with Crippen LogP contribution in [0.25, 0.3) is 0 Å². The van der Waals surface area contributed by atoms with Crippen LogP contribution in [-0.4, -0.2) is 23.7 Å². The summed E-state index contributed by atoms with van der Waals surface area (Å²) >= 11 is 5.88. The topological polar surface area (TPSA) is 49.3 Å². The van der Waals surface area contributed by atoms with Gasteiger partial charge < -0.3 is 10.4 Å². The fourth-order valence-electron chi connectivity index (χ4n) is 2.54. The Balaban J connectivity index is 1.89. The van der Waals surface area contributed by atoms with Gasteiger partial charge in [0.15, 0.2) is 0 Å². The average molecular weight is 268 g/mol. The number of carbonyl (C=O) groups is 1. The molecule has 3 nitrogen and oxygen atoms in total. The summed E-state index contributed by atoms with van der Waals surface area (Å²) in [4.78, 5) is 11.9. The third-order valence-electron chi connectivity index (χ3n) is 3.49. The van der Waals surface area contributed by atoms with Crippen molar-refractivity contribution in [2.24, 2.45) is 5.92 Å². The number of hydrogen-bond acceptors (Lipinski definition) is 2. The second-order valence-corrected chi connectivity index (χ2v) is 5.29. The highest BCUT2D eigenvalue weighted by molar-refractivity contribution is 6.30. The summed E-state index contributed by atoms with van der Waals surface area (Å²) in [7, 11) is 0. The van der Waals surface area contributed by atoms with E-state index in [1.54, 1.807) is 12.1 Å². The lowest BCUT2D eigenvalue weighted by molar-refractivity contribution is -0.121. The van der Waals surface area contributed by atoms with Crippen molar-refractivity contribution in [1.29, 1.82) is 0 Å². The summed E-state index contributed by atoms with van der Waals surface area (Å²) < 4.78 is 0. The van der Waals surface area contributed by atoms with Crippen molar-refractivity contribution < 1.29 is 9.90 Å². The molecular formula is C14H18ClNO2. The van der Waals surface area contributed by atoms with E-state index in [0.29, 0.717) is 11.4 Å². The number of carbonyl (C=O) groups excluding carboxylic acids is 1. The molecule has 2 atom stereocenters. The van der Waals surface area contributed by atoms with Crippen LogP contribution in [-0.2, 0) is 11.2 Å². The highest BCUT2D eigenvalue weighted by Gasteiger charge is 2.27. The molecular weight excluding hydrogens is 250 g/mol. The van der Waals surface area contributed by atoms with Crippen LogP contribution >= 0.6 is 11.6 Å². The Morgan fingerprint density at radius 2 is 2.28 bits per heavy atom. The maximum atomic E-state index is 11.9. The molecule has 0 heterocycles. The second-order valence-electron chi connectivity index (χ2n) is 4.85. The summed E-state index contributed by atoms with van der Waals surface area (Å²) in [5.41, 5.74) is 0.915. The minimum Gasteiger partial charge on any atom is -0.396 e. The Labute approximate surface area is 112 Å². The van der Waals surface area contributed by atoms with Crippen molar-refractivity contribution in [2.45, 2.75) is 31.7 Å². The van der Waals surface area contributed by atoms with E-state index in [9.17, 15) is 9.90 Å². The molecule has 1 aromatic rings. The first-order valence-corrected chi connectivity index (χ1v) is 6.71. The molecule has 0 bridgehead atoms. The monoisotopic (exact) mass is 267 g/mol. The van der Waals surface area contributed by atoms with Gasteiger partial charge in [0, 0.05) is 23.6 Å². The number of halogens is 1. The van der Waals surface area contributed by atoms with Crippen LogP contribution < -0.4 is 5.32 Å². The highest BCUT2D eigenvalue weighted by atomic mass is 35.5. The number of aliphatic hydroxyl groups is 1. The molecule has 2 N–H and O–H groups in total. The van der Waals surface area contributed by atoms with Crippen molar-refractivity contribution in [1.82, 2.24) is 5.32 Å². The summed E-state index contributed by atoms with van der Waals surface area (Å²) in [6.45, 7) is 0.155. The standard InChI is InChI=1S/C14H18ClNO2/c15-12-5-1-3-10(7-12)8-14(18)16-13-6-2-4-11(13)9-17/h1,3,5,7,11,13,17H,2,4,6,8-9H2,(H,16,18). The van der Waals surface area contributed by atoms with E-state index in [4.69, 9.17) is 11.6 Å². The lowest BCUT2D eigenvalue weighted by Crippen LogP contribution is -2.39. The van der Waals surface area contributed by atoms with E-state index in [1.807, 2.05) is 12.1 Å². The number of amides is 1. The molecule has 1 aliphatic carbocycles. The largest absolute Gasteiger partial charge is 0.396 e.